The van der Waals surface area contributed by atoms with E-state index in [1.165, 1.54) is 63.5 Å². The van der Waals surface area contributed by atoms with Crippen LogP contribution >= 0.6 is 0 Å². The fraction of sp³-hybridized carbons (Fsp3) is 0.0286. The minimum atomic E-state index is -3.26. The second kappa shape index (κ2) is 7.40. The van der Waals surface area contributed by atoms with Crippen molar-refractivity contribution >= 4 is 31.0 Å². The van der Waals surface area contributed by atoms with Gasteiger partial charge in [-0.2, -0.15) is 0 Å². The van der Waals surface area contributed by atoms with Gasteiger partial charge in [0.15, 0.2) is 0 Å². The number of pyridine rings is 2. The zero-order chi connectivity index (χ0) is 24.8. The molecule has 0 saturated carbocycles. The Labute approximate surface area is 224 Å². The van der Waals surface area contributed by atoms with E-state index in [1.807, 2.05) is 0 Å². The molecule has 1 spiro atoms. The summed E-state index contributed by atoms with van der Waals surface area (Å²) in [6.45, 7) is 0.950. The molecule has 176 valence electrons. The Hall–Kier alpha value is -4.28. The molecular weight excluding hydrogens is 521 g/mol. The van der Waals surface area contributed by atoms with Gasteiger partial charge in [0.1, 0.15) is 0 Å². The number of hydrogen-bond acceptors (Lipinski definition) is 1. The number of rotatable bonds is 2. The third-order valence-electron chi connectivity index (χ3n) is 8.80. The fourth-order valence-corrected chi connectivity index (χ4v) is 18.6. The molecule has 3 aliphatic heterocycles. The molecule has 0 bridgehead atoms. The quantitative estimate of drug-likeness (QED) is 0.233. The first-order valence-corrected chi connectivity index (χ1v) is 17.5. The Morgan fingerprint density at radius 3 is 1.84 bits per heavy atom. The summed E-state index contributed by atoms with van der Waals surface area (Å²) in [6, 6.07) is 42.9. The molecular formula is C35H23GeN2+. The maximum atomic E-state index is 5.23. The molecule has 38 heavy (non-hydrogen) atoms. The molecule has 2 nitrogen and oxygen atoms in total. The predicted molar refractivity (Wildman–Crippen MR) is 156 cm³/mol. The Morgan fingerprint density at radius 2 is 1.21 bits per heavy atom. The van der Waals surface area contributed by atoms with E-state index in [-0.39, 0.29) is 0 Å². The van der Waals surface area contributed by atoms with E-state index in [2.05, 4.69) is 132 Å². The summed E-state index contributed by atoms with van der Waals surface area (Å²) in [5, 5.41) is 0. The maximum absolute atomic E-state index is 5.23. The molecule has 6 aromatic rings. The first kappa shape index (κ1) is 20.7. The normalized spacial score (nSPS) is 14.4. The summed E-state index contributed by atoms with van der Waals surface area (Å²) < 4.78 is 8.41. The molecule has 0 radical (unpaired) electrons. The molecule has 3 aliphatic rings. The summed E-state index contributed by atoms with van der Waals surface area (Å²) in [7, 11) is 0. The second-order valence-corrected chi connectivity index (χ2v) is 18.1. The van der Waals surface area contributed by atoms with Gasteiger partial charge in [-0.05, 0) is 0 Å². The van der Waals surface area contributed by atoms with Crippen LogP contribution in [0, 0.1) is 0 Å². The van der Waals surface area contributed by atoms with Gasteiger partial charge in [-0.25, -0.2) is 0 Å². The van der Waals surface area contributed by atoms with E-state index in [9.17, 15) is 0 Å². The molecule has 0 saturated heterocycles. The Morgan fingerprint density at radius 1 is 0.579 bits per heavy atom. The monoisotopic (exact) mass is 545 g/mol. The minimum absolute atomic E-state index is 0.950. The van der Waals surface area contributed by atoms with Gasteiger partial charge in [0.05, 0.1) is 0 Å². The van der Waals surface area contributed by atoms with Crippen LogP contribution in [0.3, 0.4) is 0 Å². The number of aromatic nitrogens is 2. The van der Waals surface area contributed by atoms with Crippen molar-refractivity contribution in [1.82, 2.24) is 4.98 Å². The Kier molecular flexibility index (Phi) is 4.04. The molecule has 0 unspecified atom stereocenters. The van der Waals surface area contributed by atoms with Gasteiger partial charge in [-0.1, -0.05) is 0 Å². The van der Waals surface area contributed by atoms with Crippen LogP contribution in [0.1, 0.15) is 5.56 Å². The van der Waals surface area contributed by atoms with Gasteiger partial charge in [0, 0.05) is 0 Å². The number of benzene rings is 4. The summed E-state index contributed by atoms with van der Waals surface area (Å²) in [4.78, 5) is 5.23. The van der Waals surface area contributed by atoms with Crippen molar-refractivity contribution in [2.45, 2.75) is 6.54 Å². The summed E-state index contributed by atoms with van der Waals surface area (Å²) in [5.41, 5.74) is 12.1. The molecule has 9 rings (SSSR count). The van der Waals surface area contributed by atoms with Crippen molar-refractivity contribution in [3.8, 4) is 44.6 Å². The second-order valence-electron chi connectivity index (χ2n) is 10.6. The first-order chi connectivity index (χ1) is 18.8. The van der Waals surface area contributed by atoms with Crippen LogP contribution in [0.5, 0.6) is 0 Å². The van der Waals surface area contributed by atoms with E-state index < -0.39 is 13.3 Å². The molecule has 0 aliphatic carbocycles. The summed E-state index contributed by atoms with van der Waals surface area (Å²) in [5.74, 6) is 0. The van der Waals surface area contributed by atoms with E-state index in [0.717, 1.165) is 6.54 Å². The first-order valence-electron chi connectivity index (χ1n) is 13.3. The summed E-state index contributed by atoms with van der Waals surface area (Å²) >= 11 is -3.26. The predicted octanol–water partition coefficient (Wildman–Crippen LogP) is 4.40. The Bertz CT molecular complexity index is 1800. The van der Waals surface area contributed by atoms with Crippen LogP contribution in [0.2, 0.25) is 0 Å². The van der Waals surface area contributed by atoms with Gasteiger partial charge in [-0.3, -0.25) is 0 Å². The van der Waals surface area contributed by atoms with Crippen molar-refractivity contribution < 1.29 is 4.57 Å². The van der Waals surface area contributed by atoms with E-state index >= 15 is 0 Å². The van der Waals surface area contributed by atoms with Gasteiger partial charge in [-0.15, -0.1) is 0 Å². The zero-order valence-corrected chi connectivity index (χ0v) is 22.8. The van der Waals surface area contributed by atoms with E-state index in [1.54, 1.807) is 4.40 Å². The van der Waals surface area contributed by atoms with Crippen molar-refractivity contribution in [1.29, 1.82) is 0 Å². The SMILES string of the molecule is c1ccc(-c2cc[c]3c(c2)-c2cc(-c4ccccc4)cc[c]2[Ge]32[c]3ccc[n+]4c3-c3c(ccn[c]32)C4)cc1. The van der Waals surface area contributed by atoms with E-state index in [0.29, 0.717) is 0 Å². The third-order valence-corrected chi connectivity index (χ3v) is 18.8. The fourth-order valence-electron chi connectivity index (χ4n) is 7.26. The van der Waals surface area contributed by atoms with Crippen LogP contribution in [0.25, 0.3) is 44.6 Å². The van der Waals surface area contributed by atoms with Gasteiger partial charge < -0.3 is 0 Å². The van der Waals surface area contributed by atoms with Crippen LogP contribution in [-0.4, -0.2) is 18.3 Å². The zero-order valence-electron chi connectivity index (χ0n) is 20.7. The van der Waals surface area contributed by atoms with Gasteiger partial charge in [0.25, 0.3) is 0 Å². The molecule has 4 aromatic carbocycles. The Balaban J connectivity index is 1.40. The third kappa shape index (κ3) is 2.49. The van der Waals surface area contributed by atoms with Crippen LogP contribution < -0.4 is 22.3 Å². The molecule has 0 fully saturated rings. The molecule has 0 atom stereocenters. The molecule has 5 heterocycles. The van der Waals surface area contributed by atoms with E-state index in [4.69, 9.17) is 4.98 Å². The average molecular weight is 544 g/mol. The van der Waals surface area contributed by atoms with Gasteiger partial charge >= 0.3 is 225 Å². The number of fused-ring (bicyclic) bond motifs is 7. The molecule has 3 heteroatoms. The standard InChI is InChI=1S/C35H23GeN2/c1-3-8-23(9-4-1)25-13-15-30-28(20-25)29-21-26(24-10-5-2-6-11-24)14-16-31(29)36(30)32-12-7-19-38-22-27-17-18-37-35(36)33(27)34(32)38/h1-21H,22H2/q+1. The molecule has 0 N–H and O–H groups in total. The van der Waals surface area contributed by atoms with Gasteiger partial charge in [0.2, 0.25) is 0 Å². The van der Waals surface area contributed by atoms with Crippen LogP contribution in [-0.2, 0) is 6.54 Å². The molecule has 2 aromatic heterocycles. The average Bonchev–Trinajstić information content (AvgIpc) is 3.62. The van der Waals surface area contributed by atoms with Crippen molar-refractivity contribution in [2.75, 3.05) is 0 Å². The number of nitrogens with zero attached hydrogens (tertiary/aromatic N) is 2. The van der Waals surface area contributed by atoms with Crippen LogP contribution in [0.4, 0.5) is 0 Å². The van der Waals surface area contributed by atoms with Crippen molar-refractivity contribution in [3.63, 3.8) is 0 Å². The van der Waals surface area contributed by atoms with Crippen LogP contribution in [0.15, 0.2) is 128 Å². The topological polar surface area (TPSA) is 16.8 Å². The van der Waals surface area contributed by atoms with Crippen molar-refractivity contribution in [3.05, 3.63) is 133 Å². The molecule has 0 amide bonds. The summed E-state index contributed by atoms with van der Waals surface area (Å²) in [6.07, 6.45) is 4.31. The van der Waals surface area contributed by atoms with Crippen molar-refractivity contribution in [2.24, 2.45) is 0 Å². The number of hydrogen-bond donors (Lipinski definition) is 0.